The van der Waals surface area contributed by atoms with Crippen molar-refractivity contribution < 1.29 is 27.8 Å². The van der Waals surface area contributed by atoms with Crippen molar-refractivity contribution in [3.05, 3.63) is 53.6 Å². The van der Waals surface area contributed by atoms with Crippen molar-refractivity contribution >= 4 is 29.0 Å². The van der Waals surface area contributed by atoms with E-state index in [1.54, 1.807) is 27.4 Å². The fourth-order valence-corrected chi connectivity index (χ4v) is 6.05. The summed E-state index contributed by atoms with van der Waals surface area (Å²) in [4.78, 5) is 35.9. The van der Waals surface area contributed by atoms with Gasteiger partial charge in [-0.15, -0.1) is 11.3 Å². The number of carbonyl (C=O) groups excluding carboxylic acids is 2. The first kappa shape index (κ1) is 29.0. The van der Waals surface area contributed by atoms with Crippen molar-refractivity contribution in [1.82, 2.24) is 34.4 Å². The zero-order valence-electron chi connectivity index (χ0n) is 23.4. The Bertz CT molecular complexity index is 1610. The van der Waals surface area contributed by atoms with Crippen LogP contribution in [0.5, 0.6) is 0 Å². The SMILES string of the molecule is CCO[C@H]1CC[C@H](n2cc(NC(=O)c3csc(-c4cnn(C(=O)N5CCOCC5)c4)n3)c(-c3nc(F)ccc3F)n2)CC1. The number of pyridine rings is 1. The maximum absolute atomic E-state index is 14.8. The Labute approximate surface area is 249 Å². The standard InChI is InChI=1S/C28H30F2N8O4S/c1-2-42-19-5-3-18(4-6-19)37-15-21(25(35-37)24-20(29)7-8-23(30)34-24)32-26(39)22-16-43-27(33-22)17-13-31-38(14-17)28(40)36-9-11-41-12-10-36/h7-8,13-16,18-19H,2-6,9-12H2,1H3,(H,32,39)/t18-,19-. The van der Waals surface area contributed by atoms with Crippen LogP contribution in [0.25, 0.3) is 22.0 Å². The molecule has 1 aliphatic carbocycles. The third-order valence-electron chi connectivity index (χ3n) is 7.48. The number of thiazole rings is 1. The quantitative estimate of drug-likeness (QED) is 0.300. The first-order valence-corrected chi connectivity index (χ1v) is 15.0. The van der Waals surface area contributed by atoms with Crippen LogP contribution in [0.1, 0.15) is 49.1 Å². The Hall–Kier alpha value is -4.08. The van der Waals surface area contributed by atoms with Gasteiger partial charge in [-0.05, 0) is 44.7 Å². The number of carbonyl (C=O) groups is 2. The zero-order valence-corrected chi connectivity index (χ0v) is 24.2. The van der Waals surface area contributed by atoms with Gasteiger partial charge in [-0.1, -0.05) is 0 Å². The molecule has 0 spiro atoms. The zero-order chi connectivity index (χ0) is 29.9. The Balaban J connectivity index is 1.22. The second kappa shape index (κ2) is 12.7. The van der Waals surface area contributed by atoms with Gasteiger partial charge in [0.1, 0.15) is 22.1 Å². The number of rotatable bonds is 7. The lowest BCUT2D eigenvalue weighted by molar-refractivity contribution is 0.0260. The van der Waals surface area contributed by atoms with Crippen LogP contribution in [0.4, 0.5) is 19.3 Å². The van der Waals surface area contributed by atoms with Gasteiger partial charge in [0.05, 0.1) is 37.2 Å². The van der Waals surface area contributed by atoms with E-state index < -0.39 is 17.7 Å². The fourth-order valence-electron chi connectivity index (χ4n) is 5.28. The van der Waals surface area contributed by atoms with E-state index in [0.717, 1.165) is 37.8 Å². The molecule has 43 heavy (non-hydrogen) atoms. The average Bonchev–Trinajstić information content (AvgIpc) is 3.79. The number of amides is 2. The third-order valence-corrected chi connectivity index (χ3v) is 8.37. The number of aromatic nitrogens is 6. The molecule has 4 aromatic rings. The number of hydrogen-bond acceptors (Lipinski definition) is 9. The molecule has 15 heteroatoms. The molecule has 2 fully saturated rings. The van der Waals surface area contributed by atoms with Crippen LogP contribution < -0.4 is 5.32 Å². The third kappa shape index (κ3) is 6.33. The van der Waals surface area contributed by atoms with Gasteiger partial charge in [0, 0.05) is 43.0 Å². The van der Waals surface area contributed by atoms with Gasteiger partial charge in [0.15, 0.2) is 5.82 Å². The minimum absolute atomic E-state index is 0.000290. The predicted octanol–water partition coefficient (Wildman–Crippen LogP) is 4.62. The monoisotopic (exact) mass is 612 g/mol. The van der Waals surface area contributed by atoms with Crippen LogP contribution >= 0.6 is 11.3 Å². The molecule has 6 rings (SSSR count). The van der Waals surface area contributed by atoms with Gasteiger partial charge < -0.3 is 19.7 Å². The van der Waals surface area contributed by atoms with E-state index in [9.17, 15) is 18.4 Å². The molecule has 2 aliphatic rings. The molecule has 2 amide bonds. The van der Waals surface area contributed by atoms with E-state index in [1.165, 1.54) is 22.2 Å². The topological polar surface area (TPSA) is 129 Å². The Morgan fingerprint density at radius 3 is 2.65 bits per heavy atom. The number of hydrogen-bond donors (Lipinski definition) is 1. The Morgan fingerprint density at radius 1 is 1.09 bits per heavy atom. The predicted molar refractivity (Wildman–Crippen MR) is 153 cm³/mol. The first-order valence-electron chi connectivity index (χ1n) is 14.1. The molecule has 0 bridgehead atoms. The summed E-state index contributed by atoms with van der Waals surface area (Å²) in [5.41, 5.74) is 0.597. The van der Waals surface area contributed by atoms with Crippen LogP contribution in [0.2, 0.25) is 0 Å². The van der Waals surface area contributed by atoms with E-state index in [2.05, 4.69) is 25.5 Å². The smallest absolute Gasteiger partial charge is 0.344 e. The molecule has 226 valence electrons. The fraction of sp³-hybridized carbons (Fsp3) is 0.429. The van der Waals surface area contributed by atoms with Gasteiger partial charge in [-0.25, -0.2) is 19.2 Å². The molecule has 1 saturated carbocycles. The number of nitrogens with zero attached hydrogens (tertiary/aromatic N) is 7. The number of nitrogens with one attached hydrogen (secondary N) is 1. The van der Waals surface area contributed by atoms with Crippen molar-refractivity contribution in [2.24, 2.45) is 0 Å². The highest BCUT2D eigenvalue weighted by atomic mass is 32.1. The summed E-state index contributed by atoms with van der Waals surface area (Å²) in [6.07, 6.45) is 8.15. The lowest BCUT2D eigenvalue weighted by atomic mass is 9.93. The van der Waals surface area contributed by atoms with E-state index in [-0.39, 0.29) is 40.9 Å². The lowest BCUT2D eigenvalue weighted by Crippen LogP contribution is -2.43. The van der Waals surface area contributed by atoms with Gasteiger partial charge in [-0.2, -0.15) is 19.3 Å². The summed E-state index contributed by atoms with van der Waals surface area (Å²) < 4.78 is 42.8. The highest BCUT2D eigenvalue weighted by Crippen LogP contribution is 2.34. The van der Waals surface area contributed by atoms with Gasteiger partial charge >= 0.3 is 6.03 Å². The van der Waals surface area contributed by atoms with Crippen LogP contribution in [-0.4, -0.2) is 85.4 Å². The summed E-state index contributed by atoms with van der Waals surface area (Å²) in [7, 11) is 0. The number of morpholine rings is 1. The van der Waals surface area contributed by atoms with E-state index in [1.807, 2.05) is 6.92 Å². The molecule has 1 N–H and O–H groups in total. The van der Waals surface area contributed by atoms with Crippen molar-refractivity contribution in [2.75, 3.05) is 38.2 Å². The lowest BCUT2D eigenvalue weighted by Gasteiger charge is -2.28. The van der Waals surface area contributed by atoms with Crippen molar-refractivity contribution in [2.45, 2.75) is 44.8 Å². The first-order chi connectivity index (χ1) is 20.9. The molecule has 1 aliphatic heterocycles. The molecule has 0 unspecified atom stereocenters. The van der Waals surface area contributed by atoms with Crippen molar-refractivity contribution in [3.63, 3.8) is 0 Å². The van der Waals surface area contributed by atoms with E-state index in [4.69, 9.17) is 9.47 Å². The summed E-state index contributed by atoms with van der Waals surface area (Å²) >= 11 is 1.21. The molecule has 12 nitrogen and oxygen atoms in total. The van der Waals surface area contributed by atoms with Crippen molar-refractivity contribution in [1.29, 1.82) is 0 Å². The van der Waals surface area contributed by atoms with Gasteiger partial charge in [-0.3, -0.25) is 9.48 Å². The summed E-state index contributed by atoms with van der Waals surface area (Å²) in [5.74, 6) is -2.18. The normalized spacial score (nSPS) is 19.0. The molecular weight excluding hydrogens is 582 g/mol. The second-order valence-corrected chi connectivity index (χ2v) is 11.1. The van der Waals surface area contributed by atoms with E-state index >= 15 is 0 Å². The van der Waals surface area contributed by atoms with E-state index in [0.29, 0.717) is 43.5 Å². The number of anilines is 1. The highest BCUT2D eigenvalue weighted by molar-refractivity contribution is 7.13. The van der Waals surface area contributed by atoms with Crippen LogP contribution in [0, 0.1) is 11.8 Å². The molecule has 0 atom stereocenters. The number of halogens is 2. The highest BCUT2D eigenvalue weighted by Gasteiger charge is 2.27. The minimum Gasteiger partial charge on any atom is -0.379 e. The largest absolute Gasteiger partial charge is 0.379 e. The maximum atomic E-state index is 14.8. The van der Waals surface area contributed by atoms with Gasteiger partial charge in [0.25, 0.3) is 5.91 Å². The summed E-state index contributed by atoms with van der Waals surface area (Å²) in [5, 5.41) is 13.6. The minimum atomic E-state index is -0.864. The second-order valence-electron chi connectivity index (χ2n) is 10.3. The summed E-state index contributed by atoms with van der Waals surface area (Å²) in [6, 6.07) is 1.64. The molecular formula is C28H30F2N8O4S. The van der Waals surface area contributed by atoms with Crippen LogP contribution in [0.3, 0.4) is 0 Å². The molecule has 5 heterocycles. The Kier molecular flexibility index (Phi) is 8.54. The van der Waals surface area contributed by atoms with Crippen LogP contribution in [0.15, 0.2) is 36.1 Å². The molecule has 4 aromatic heterocycles. The molecule has 0 aromatic carbocycles. The average molecular weight is 613 g/mol. The molecule has 1 saturated heterocycles. The van der Waals surface area contributed by atoms with Gasteiger partial charge in [0.2, 0.25) is 5.95 Å². The van der Waals surface area contributed by atoms with Crippen LogP contribution in [-0.2, 0) is 9.47 Å². The van der Waals surface area contributed by atoms with Crippen molar-refractivity contribution in [3.8, 4) is 22.0 Å². The Morgan fingerprint density at radius 2 is 1.88 bits per heavy atom. The number of ether oxygens (including phenoxy) is 2. The summed E-state index contributed by atoms with van der Waals surface area (Å²) in [6.45, 7) is 4.53. The molecule has 0 radical (unpaired) electrons. The maximum Gasteiger partial charge on any atom is 0.344 e.